The quantitative estimate of drug-likeness (QED) is 0.824. The Bertz CT molecular complexity index is 720. The van der Waals surface area contributed by atoms with Crippen LogP contribution in [0.2, 0.25) is 5.02 Å². The van der Waals surface area contributed by atoms with Gasteiger partial charge in [-0.2, -0.15) is 0 Å². The summed E-state index contributed by atoms with van der Waals surface area (Å²) in [4.78, 5) is 0. The molecule has 0 atom stereocenters. The number of fused-ring (bicyclic) bond motifs is 1. The van der Waals surface area contributed by atoms with Gasteiger partial charge in [-0.15, -0.1) is 0 Å². The van der Waals surface area contributed by atoms with Crippen molar-refractivity contribution >= 4 is 11.6 Å². The van der Waals surface area contributed by atoms with E-state index < -0.39 is 0 Å². The first-order valence-electron chi connectivity index (χ1n) is 7.79. The minimum Gasteiger partial charge on any atom is -0.493 e. The van der Waals surface area contributed by atoms with Crippen LogP contribution in [-0.2, 0) is 13.1 Å². The number of methoxy groups -OCH3 is 1. The molecule has 0 aromatic heterocycles. The molecule has 0 spiro atoms. The van der Waals surface area contributed by atoms with E-state index in [4.69, 9.17) is 30.5 Å². The molecular formula is C18H20ClNO4. The van der Waals surface area contributed by atoms with Gasteiger partial charge in [0.05, 0.1) is 13.7 Å². The molecule has 0 aliphatic carbocycles. The normalized spacial score (nSPS) is 12.3. The fourth-order valence-electron chi connectivity index (χ4n) is 2.53. The summed E-state index contributed by atoms with van der Waals surface area (Å²) < 4.78 is 21.6. The van der Waals surface area contributed by atoms with Crippen molar-refractivity contribution in [2.45, 2.75) is 20.0 Å². The van der Waals surface area contributed by atoms with Crippen LogP contribution < -0.4 is 24.3 Å². The molecule has 0 radical (unpaired) electrons. The third kappa shape index (κ3) is 3.68. The number of rotatable bonds is 7. The maximum Gasteiger partial charge on any atom is 0.231 e. The van der Waals surface area contributed by atoms with Gasteiger partial charge in [0.2, 0.25) is 6.79 Å². The Morgan fingerprint density at radius 2 is 1.92 bits per heavy atom. The summed E-state index contributed by atoms with van der Waals surface area (Å²) in [5.41, 5.74) is 2.08. The van der Waals surface area contributed by atoms with E-state index in [1.54, 1.807) is 13.2 Å². The van der Waals surface area contributed by atoms with Crippen LogP contribution in [0, 0.1) is 0 Å². The highest BCUT2D eigenvalue weighted by atomic mass is 35.5. The van der Waals surface area contributed by atoms with E-state index in [-0.39, 0.29) is 6.79 Å². The fourth-order valence-corrected chi connectivity index (χ4v) is 2.75. The van der Waals surface area contributed by atoms with Crippen molar-refractivity contribution in [3.05, 3.63) is 46.5 Å². The highest BCUT2D eigenvalue weighted by molar-refractivity contribution is 6.31. The molecule has 6 heteroatoms. The van der Waals surface area contributed by atoms with Gasteiger partial charge in [-0.1, -0.05) is 17.7 Å². The van der Waals surface area contributed by atoms with Crippen LogP contribution in [0.4, 0.5) is 0 Å². The zero-order valence-electron chi connectivity index (χ0n) is 13.7. The fraction of sp³-hybridized carbons (Fsp3) is 0.333. The van der Waals surface area contributed by atoms with Crippen LogP contribution in [0.25, 0.3) is 0 Å². The van der Waals surface area contributed by atoms with Gasteiger partial charge in [-0.25, -0.2) is 0 Å². The van der Waals surface area contributed by atoms with E-state index in [0.717, 1.165) is 22.6 Å². The van der Waals surface area contributed by atoms with Crippen LogP contribution in [0.5, 0.6) is 23.0 Å². The Labute approximate surface area is 146 Å². The third-order valence-corrected chi connectivity index (χ3v) is 4.07. The Balaban J connectivity index is 1.65. The average Bonchev–Trinajstić information content (AvgIpc) is 3.05. The molecule has 1 heterocycles. The Hall–Kier alpha value is -2.11. The van der Waals surface area contributed by atoms with Crippen LogP contribution in [0.3, 0.4) is 0 Å². The first-order chi connectivity index (χ1) is 11.7. The van der Waals surface area contributed by atoms with Crippen LogP contribution in [0.1, 0.15) is 18.1 Å². The largest absolute Gasteiger partial charge is 0.493 e. The second-order valence-electron chi connectivity index (χ2n) is 5.32. The average molecular weight is 350 g/mol. The summed E-state index contributed by atoms with van der Waals surface area (Å²) in [5.74, 6) is 2.92. The van der Waals surface area contributed by atoms with Crippen molar-refractivity contribution in [1.29, 1.82) is 0 Å². The lowest BCUT2D eigenvalue weighted by atomic mass is 10.1. The Morgan fingerprint density at radius 1 is 1.08 bits per heavy atom. The van der Waals surface area contributed by atoms with Crippen LogP contribution in [0.15, 0.2) is 30.3 Å². The van der Waals surface area contributed by atoms with Crippen molar-refractivity contribution in [2.75, 3.05) is 20.5 Å². The van der Waals surface area contributed by atoms with Crippen molar-refractivity contribution in [3.8, 4) is 23.0 Å². The summed E-state index contributed by atoms with van der Waals surface area (Å²) in [5, 5.41) is 4.03. The molecule has 2 aromatic carbocycles. The predicted octanol–water partition coefficient (Wildman–Crippen LogP) is 3.77. The summed E-state index contributed by atoms with van der Waals surface area (Å²) >= 11 is 6.33. The molecule has 0 unspecified atom stereocenters. The molecule has 0 fully saturated rings. The van der Waals surface area contributed by atoms with Gasteiger partial charge >= 0.3 is 0 Å². The first-order valence-corrected chi connectivity index (χ1v) is 8.17. The van der Waals surface area contributed by atoms with Gasteiger partial charge in [-0.05, 0) is 36.2 Å². The van der Waals surface area contributed by atoms with Crippen molar-refractivity contribution in [3.63, 3.8) is 0 Å². The minimum atomic E-state index is 0.286. The van der Waals surface area contributed by atoms with E-state index >= 15 is 0 Å². The van der Waals surface area contributed by atoms with Crippen molar-refractivity contribution in [1.82, 2.24) is 5.32 Å². The monoisotopic (exact) mass is 349 g/mol. The highest BCUT2D eigenvalue weighted by Crippen LogP contribution is 2.34. The molecule has 0 amide bonds. The van der Waals surface area contributed by atoms with E-state index in [2.05, 4.69) is 5.32 Å². The number of ether oxygens (including phenoxy) is 4. The topological polar surface area (TPSA) is 49.0 Å². The number of hydrogen-bond donors (Lipinski definition) is 1. The molecular weight excluding hydrogens is 330 g/mol. The van der Waals surface area contributed by atoms with E-state index in [0.29, 0.717) is 36.2 Å². The maximum atomic E-state index is 6.33. The number of hydrogen-bond acceptors (Lipinski definition) is 5. The van der Waals surface area contributed by atoms with Gasteiger partial charge in [0, 0.05) is 24.2 Å². The van der Waals surface area contributed by atoms with Gasteiger partial charge in [0.1, 0.15) is 0 Å². The van der Waals surface area contributed by atoms with Crippen LogP contribution in [-0.4, -0.2) is 20.5 Å². The van der Waals surface area contributed by atoms with Gasteiger partial charge in [-0.3, -0.25) is 0 Å². The first kappa shape index (κ1) is 16.7. The molecule has 5 nitrogen and oxygen atoms in total. The molecule has 1 aliphatic rings. The number of benzene rings is 2. The van der Waals surface area contributed by atoms with E-state index in [1.165, 1.54) is 0 Å². The number of halogens is 1. The second kappa shape index (κ2) is 7.64. The summed E-state index contributed by atoms with van der Waals surface area (Å²) in [6.07, 6.45) is 0. The molecule has 3 rings (SSSR count). The third-order valence-electron chi connectivity index (χ3n) is 3.71. The van der Waals surface area contributed by atoms with Gasteiger partial charge < -0.3 is 24.3 Å². The smallest absolute Gasteiger partial charge is 0.231 e. The standard InChI is InChI=1S/C18H20ClNO4/c1-3-22-18-7-13(14(19)8-16(18)21-2)10-20-9-12-4-5-15-17(6-12)24-11-23-15/h4-8,20H,3,9-11H2,1-2H3. The van der Waals surface area contributed by atoms with Gasteiger partial charge in [0.15, 0.2) is 23.0 Å². The number of nitrogens with one attached hydrogen (secondary N) is 1. The maximum absolute atomic E-state index is 6.33. The van der Waals surface area contributed by atoms with Crippen LogP contribution >= 0.6 is 11.6 Å². The van der Waals surface area contributed by atoms with Gasteiger partial charge in [0.25, 0.3) is 0 Å². The Kier molecular flexibility index (Phi) is 5.33. The summed E-state index contributed by atoms with van der Waals surface area (Å²) in [7, 11) is 1.60. The second-order valence-corrected chi connectivity index (χ2v) is 5.73. The molecule has 0 saturated carbocycles. The van der Waals surface area contributed by atoms with Crippen molar-refractivity contribution < 1.29 is 18.9 Å². The van der Waals surface area contributed by atoms with Crippen molar-refractivity contribution in [2.24, 2.45) is 0 Å². The Morgan fingerprint density at radius 3 is 2.71 bits per heavy atom. The summed E-state index contributed by atoms with van der Waals surface area (Å²) in [6, 6.07) is 9.62. The van der Waals surface area contributed by atoms with E-state index in [1.807, 2.05) is 31.2 Å². The zero-order chi connectivity index (χ0) is 16.9. The lowest BCUT2D eigenvalue weighted by molar-refractivity contribution is 0.174. The predicted molar refractivity (Wildman–Crippen MR) is 92.3 cm³/mol. The molecule has 24 heavy (non-hydrogen) atoms. The van der Waals surface area contributed by atoms with E-state index in [9.17, 15) is 0 Å². The molecule has 0 saturated heterocycles. The summed E-state index contributed by atoms with van der Waals surface area (Å²) in [6.45, 7) is 4.11. The zero-order valence-corrected chi connectivity index (χ0v) is 14.5. The molecule has 128 valence electrons. The molecule has 0 bridgehead atoms. The minimum absolute atomic E-state index is 0.286. The molecule has 2 aromatic rings. The molecule has 1 aliphatic heterocycles. The molecule has 1 N–H and O–H groups in total. The lowest BCUT2D eigenvalue weighted by Gasteiger charge is -2.13. The lowest BCUT2D eigenvalue weighted by Crippen LogP contribution is -2.13. The SMILES string of the molecule is CCOc1cc(CNCc2ccc3c(c2)OCO3)c(Cl)cc1OC. The highest BCUT2D eigenvalue weighted by Gasteiger charge is 2.13.